The topological polar surface area (TPSA) is 64.0 Å². The molecule has 5 nitrogen and oxygen atoms in total. The molecular weight excluding hydrogens is 343 g/mol. The molecule has 1 aromatic heterocycles. The maximum absolute atomic E-state index is 12.5. The lowest BCUT2D eigenvalue weighted by Crippen LogP contribution is -2.35. The number of amides is 1. The van der Waals surface area contributed by atoms with Crippen molar-refractivity contribution in [2.45, 2.75) is 31.2 Å². The van der Waals surface area contributed by atoms with E-state index in [1.54, 1.807) is 29.6 Å². The van der Waals surface area contributed by atoms with Gasteiger partial charge < -0.3 is 5.32 Å². The Kier molecular flexibility index (Phi) is 5.87. The number of rotatable bonds is 6. The Morgan fingerprint density at radius 1 is 1.33 bits per heavy atom. The zero-order valence-electron chi connectivity index (χ0n) is 12.9. The van der Waals surface area contributed by atoms with Gasteiger partial charge in [0.25, 0.3) is 5.56 Å². The van der Waals surface area contributed by atoms with Gasteiger partial charge in [0.1, 0.15) is 6.54 Å². The minimum Gasteiger partial charge on any atom is -0.346 e. The highest BCUT2D eigenvalue weighted by molar-refractivity contribution is 7.99. The third-order valence-electron chi connectivity index (χ3n) is 3.09. The van der Waals surface area contributed by atoms with Gasteiger partial charge in [-0.1, -0.05) is 30.8 Å². The summed E-state index contributed by atoms with van der Waals surface area (Å²) in [5, 5.41) is 2.59. The van der Waals surface area contributed by atoms with Crippen LogP contribution in [0.3, 0.4) is 0 Å². The van der Waals surface area contributed by atoms with Crippen LogP contribution in [0.15, 0.2) is 34.2 Å². The first-order valence-corrected chi connectivity index (χ1v) is 8.26. The Hall–Kier alpha value is -2.03. The van der Waals surface area contributed by atoms with E-state index in [0.29, 0.717) is 29.0 Å². The number of nitrogens with zero attached hydrogens (tertiary/aromatic N) is 2. The van der Waals surface area contributed by atoms with Gasteiger partial charge in [-0.15, -0.1) is 0 Å². The lowest BCUT2D eigenvalue weighted by atomic mass is 10.2. The normalized spacial score (nSPS) is 11.7. The molecule has 0 aliphatic heterocycles. The van der Waals surface area contributed by atoms with E-state index in [9.17, 15) is 22.8 Å². The van der Waals surface area contributed by atoms with Crippen LogP contribution in [0.4, 0.5) is 13.2 Å². The molecule has 0 aliphatic carbocycles. The van der Waals surface area contributed by atoms with Crippen molar-refractivity contribution in [3.8, 4) is 0 Å². The molecule has 0 unspecified atom stereocenters. The molecule has 0 saturated heterocycles. The van der Waals surface area contributed by atoms with E-state index in [-0.39, 0.29) is 11.3 Å². The molecule has 1 heterocycles. The fourth-order valence-electron chi connectivity index (χ4n) is 2.06. The molecule has 1 amide bonds. The molecule has 9 heteroatoms. The molecule has 1 N–H and O–H groups in total. The monoisotopic (exact) mass is 359 g/mol. The van der Waals surface area contributed by atoms with Crippen LogP contribution in [0.1, 0.15) is 13.3 Å². The molecule has 0 atom stereocenters. The number of fused-ring (bicyclic) bond motifs is 1. The maximum Gasteiger partial charge on any atom is 0.405 e. The van der Waals surface area contributed by atoms with Crippen LogP contribution < -0.4 is 10.9 Å². The van der Waals surface area contributed by atoms with Gasteiger partial charge in [-0.05, 0) is 18.6 Å². The molecule has 2 aromatic rings. The minimum absolute atomic E-state index is 0.222. The van der Waals surface area contributed by atoms with Crippen molar-refractivity contribution in [2.75, 3.05) is 12.3 Å². The second kappa shape index (κ2) is 7.69. The molecule has 0 spiro atoms. The number of hydrogen-bond donors (Lipinski definition) is 1. The van der Waals surface area contributed by atoms with E-state index in [0.717, 1.165) is 11.8 Å². The van der Waals surface area contributed by atoms with Gasteiger partial charge in [0.2, 0.25) is 5.91 Å². The fraction of sp³-hybridized carbons (Fsp3) is 0.400. The molecule has 0 aliphatic rings. The fourth-order valence-corrected chi connectivity index (χ4v) is 2.91. The summed E-state index contributed by atoms with van der Waals surface area (Å²) in [4.78, 5) is 28.4. The summed E-state index contributed by atoms with van der Waals surface area (Å²) in [6.45, 7) is 0.939. The lowest BCUT2D eigenvalue weighted by molar-refractivity contribution is -0.136. The predicted molar refractivity (Wildman–Crippen MR) is 86.1 cm³/mol. The Bertz CT molecular complexity index is 790. The molecule has 0 saturated carbocycles. The van der Waals surface area contributed by atoms with E-state index in [1.165, 1.54) is 4.57 Å². The van der Waals surface area contributed by atoms with Crippen LogP contribution in [0, 0.1) is 0 Å². The van der Waals surface area contributed by atoms with Crippen molar-refractivity contribution in [3.05, 3.63) is 34.6 Å². The summed E-state index contributed by atoms with van der Waals surface area (Å²) < 4.78 is 37.7. The van der Waals surface area contributed by atoms with Crippen molar-refractivity contribution in [1.82, 2.24) is 14.9 Å². The number of para-hydroxylation sites is 1. The minimum atomic E-state index is -4.45. The number of aromatic nitrogens is 2. The number of hydrogen-bond acceptors (Lipinski definition) is 4. The highest BCUT2D eigenvalue weighted by Crippen LogP contribution is 2.18. The van der Waals surface area contributed by atoms with E-state index in [4.69, 9.17) is 0 Å². The Balaban J connectivity index is 2.20. The molecule has 130 valence electrons. The quantitative estimate of drug-likeness (QED) is 0.636. The number of carbonyl (C=O) groups excluding carboxylic acids is 1. The summed E-state index contributed by atoms with van der Waals surface area (Å²) >= 11 is 0.947. The standard InChI is InChI=1S/C15H16F3N3O2S/c1-2-7-21-13(23)10-5-3-4-6-11(10)20-14(21)24-8-12(22)19-9-15(16,17)18/h3-6H,2,7-9H2,1H3,(H,19,22). The predicted octanol–water partition coefficient (Wildman–Crippen LogP) is 2.58. The molecule has 2 rings (SSSR count). The highest BCUT2D eigenvalue weighted by atomic mass is 32.2. The van der Waals surface area contributed by atoms with E-state index < -0.39 is 18.6 Å². The van der Waals surface area contributed by atoms with E-state index in [2.05, 4.69) is 4.98 Å². The number of halogens is 3. The SMILES string of the molecule is CCCn1c(SCC(=O)NCC(F)(F)F)nc2ccccc2c1=O. The van der Waals surface area contributed by atoms with Gasteiger partial charge >= 0.3 is 6.18 Å². The largest absolute Gasteiger partial charge is 0.405 e. The van der Waals surface area contributed by atoms with Crippen molar-refractivity contribution in [3.63, 3.8) is 0 Å². The van der Waals surface area contributed by atoms with Crippen molar-refractivity contribution in [2.24, 2.45) is 0 Å². The molecule has 24 heavy (non-hydrogen) atoms. The first-order chi connectivity index (χ1) is 11.3. The number of nitrogens with one attached hydrogen (secondary N) is 1. The summed E-state index contributed by atoms with van der Waals surface area (Å²) in [7, 11) is 0. The summed E-state index contributed by atoms with van der Waals surface area (Å²) in [6.07, 6.45) is -3.76. The smallest absolute Gasteiger partial charge is 0.346 e. The molecular formula is C15H16F3N3O2S. The van der Waals surface area contributed by atoms with Gasteiger partial charge in [-0.2, -0.15) is 13.2 Å². The summed E-state index contributed by atoms with van der Waals surface area (Å²) in [5.74, 6) is -1.01. The van der Waals surface area contributed by atoms with Crippen LogP contribution in [-0.4, -0.2) is 33.9 Å². The second-order valence-corrected chi connectivity index (χ2v) is 5.99. The first kappa shape index (κ1) is 18.3. The number of carbonyl (C=O) groups is 1. The van der Waals surface area contributed by atoms with Crippen LogP contribution in [0.25, 0.3) is 10.9 Å². The molecule has 0 fully saturated rings. The van der Waals surface area contributed by atoms with Gasteiger partial charge in [-0.25, -0.2) is 4.98 Å². The number of alkyl halides is 3. The highest BCUT2D eigenvalue weighted by Gasteiger charge is 2.27. The Labute approximate surface area is 140 Å². The third kappa shape index (κ3) is 4.73. The van der Waals surface area contributed by atoms with Crippen LogP contribution in [0.5, 0.6) is 0 Å². The number of benzene rings is 1. The van der Waals surface area contributed by atoms with Gasteiger partial charge in [0.05, 0.1) is 16.7 Å². The van der Waals surface area contributed by atoms with E-state index >= 15 is 0 Å². The van der Waals surface area contributed by atoms with Gasteiger partial charge in [0, 0.05) is 6.54 Å². The van der Waals surface area contributed by atoms with Crippen LogP contribution in [-0.2, 0) is 11.3 Å². The maximum atomic E-state index is 12.5. The molecule has 0 radical (unpaired) electrons. The summed E-state index contributed by atoms with van der Waals surface area (Å²) in [6, 6.07) is 6.82. The van der Waals surface area contributed by atoms with Crippen molar-refractivity contribution < 1.29 is 18.0 Å². The van der Waals surface area contributed by atoms with Crippen molar-refractivity contribution in [1.29, 1.82) is 0 Å². The van der Waals surface area contributed by atoms with Crippen LogP contribution >= 0.6 is 11.8 Å². The molecule has 0 bridgehead atoms. The average Bonchev–Trinajstić information content (AvgIpc) is 2.53. The lowest BCUT2D eigenvalue weighted by Gasteiger charge is -2.12. The van der Waals surface area contributed by atoms with Crippen LogP contribution in [0.2, 0.25) is 0 Å². The average molecular weight is 359 g/mol. The first-order valence-electron chi connectivity index (χ1n) is 7.27. The summed E-state index contributed by atoms with van der Waals surface area (Å²) in [5.41, 5.74) is 0.272. The third-order valence-corrected chi connectivity index (χ3v) is 4.07. The Morgan fingerprint density at radius 2 is 2.04 bits per heavy atom. The zero-order chi connectivity index (χ0) is 17.7. The molecule has 1 aromatic carbocycles. The van der Waals surface area contributed by atoms with Crippen molar-refractivity contribution >= 4 is 28.6 Å². The van der Waals surface area contributed by atoms with E-state index in [1.807, 2.05) is 6.92 Å². The van der Waals surface area contributed by atoms with Gasteiger partial charge in [-0.3, -0.25) is 14.2 Å². The number of thioether (sulfide) groups is 1. The second-order valence-electron chi connectivity index (χ2n) is 5.05. The van der Waals surface area contributed by atoms with Gasteiger partial charge in [0.15, 0.2) is 5.16 Å². The Morgan fingerprint density at radius 3 is 2.71 bits per heavy atom. The zero-order valence-corrected chi connectivity index (χ0v) is 13.7.